The van der Waals surface area contributed by atoms with Gasteiger partial charge in [0.1, 0.15) is 11.7 Å². The highest BCUT2D eigenvalue weighted by Crippen LogP contribution is 2.22. The zero-order chi connectivity index (χ0) is 20.6. The molecule has 0 heterocycles. The number of hydrogen-bond donors (Lipinski definition) is 4. The Kier molecular flexibility index (Phi) is 6.76. The lowest BCUT2D eigenvalue weighted by Gasteiger charge is -2.16. The minimum atomic E-state index is -1.12. The van der Waals surface area contributed by atoms with Crippen molar-refractivity contribution in [2.45, 2.75) is 6.42 Å². The standard InChI is InChI=1S/C22H22FN3O3/c23-17-10-8-15(9-11-17)14-19(22(28)26-29)21(27)25-13-12-24-20-7-3-5-16-4-1-2-6-18(16)20/h1-11,19,24,29H,12-14H2,(H,25,27)(H,26,28). The first-order valence-electron chi connectivity index (χ1n) is 9.26. The first-order valence-corrected chi connectivity index (χ1v) is 9.26. The molecular weight excluding hydrogens is 373 g/mol. The molecule has 0 fully saturated rings. The van der Waals surface area contributed by atoms with Crippen LogP contribution in [0.1, 0.15) is 5.56 Å². The van der Waals surface area contributed by atoms with Gasteiger partial charge in [0.25, 0.3) is 5.91 Å². The average molecular weight is 395 g/mol. The van der Waals surface area contributed by atoms with Crippen LogP contribution in [-0.2, 0) is 16.0 Å². The van der Waals surface area contributed by atoms with Crippen LogP contribution in [0.4, 0.5) is 10.1 Å². The van der Waals surface area contributed by atoms with Crippen LogP contribution >= 0.6 is 0 Å². The third-order valence-electron chi connectivity index (χ3n) is 4.63. The third kappa shape index (κ3) is 5.30. The smallest absolute Gasteiger partial charge is 0.256 e. The maximum absolute atomic E-state index is 13.0. The van der Waals surface area contributed by atoms with E-state index < -0.39 is 23.5 Å². The van der Waals surface area contributed by atoms with Crippen LogP contribution in [0.5, 0.6) is 0 Å². The third-order valence-corrected chi connectivity index (χ3v) is 4.63. The monoisotopic (exact) mass is 395 g/mol. The van der Waals surface area contributed by atoms with Gasteiger partial charge in [-0.05, 0) is 35.6 Å². The minimum absolute atomic E-state index is 0.0509. The summed E-state index contributed by atoms with van der Waals surface area (Å²) in [4.78, 5) is 24.4. The normalized spacial score (nSPS) is 11.7. The zero-order valence-electron chi connectivity index (χ0n) is 15.7. The van der Waals surface area contributed by atoms with Gasteiger partial charge in [0.2, 0.25) is 5.91 Å². The average Bonchev–Trinajstić information content (AvgIpc) is 2.75. The van der Waals surface area contributed by atoms with E-state index in [2.05, 4.69) is 10.6 Å². The highest BCUT2D eigenvalue weighted by molar-refractivity contribution is 6.00. The fourth-order valence-electron chi connectivity index (χ4n) is 3.12. The van der Waals surface area contributed by atoms with Crippen molar-refractivity contribution in [2.24, 2.45) is 5.92 Å². The van der Waals surface area contributed by atoms with Crippen molar-refractivity contribution in [3.63, 3.8) is 0 Å². The van der Waals surface area contributed by atoms with Gasteiger partial charge >= 0.3 is 0 Å². The summed E-state index contributed by atoms with van der Waals surface area (Å²) in [6.07, 6.45) is 0.0509. The van der Waals surface area contributed by atoms with Crippen LogP contribution in [-0.4, -0.2) is 30.1 Å². The molecule has 3 rings (SSSR count). The van der Waals surface area contributed by atoms with Gasteiger partial charge in [-0.25, -0.2) is 9.87 Å². The second kappa shape index (κ2) is 9.66. The molecular formula is C22H22FN3O3. The molecule has 1 atom stereocenters. The lowest BCUT2D eigenvalue weighted by molar-refractivity contribution is -0.140. The van der Waals surface area contributed by atoms with Crippen LogP contribution in [0.3, 0.4) is 0 Å². The molecule has 7 heteroatoms. The summed E-state index contributed by atoms with van der Waals surface area (Å²) < 4.78 is 13.0. The Bertz CT molecular complexity index is 987. The number of fused-ring (bicyclic) bond motifs is 1. The van der Waals surface area contributed by atoms with E-state index in [9.17, 15) is 14.0 Å². The summed E-state index contributed by atoms with van der Waals surface area (Å²) in [5.74, 6) is -2.85. The minimum Gasteiger partial charge on any atom is -0.383 e. The van der Waals surface area contributed by atoms with Gasteiger partial charge in [-0.2, -0.15) is 0 Å². The summed E-state index contributed by atoms with van der Waals surface area (Å²) in [5.41, 5.74) is 3.09. The Hall–Kier alpha value is -3.45. The fraction of sp³-hybridized carbons (Fsp3) is 0.182. The lowest BCUT2D eigenvalue weighted by Crippen LogP contribution is -2.42. The SMILES string of the molecule is O=C(NO)C(Cc1ccc(F)cc1)C(=O)NCCNc1cccc2ccccc12. The fourth-order valence-corrected chi connectivity index (χ4v) is 3.12. The molecule has 0 aliphatic carbocycles. The molecule has 1 unspecified atom stereocenters. The van der Waals surface area contributed by atoms with Crippen molar-refractivity contribution < 1.29 is 19.2 Å². The number of rotatable bonds is 8. The van der Waals surface area contributed by atoms with Crippen LogP contribution in [0, 0.1) is 11.7 Å². The molecule has 0 aliphatic rings. The maximum Gasteiger partial charge on any atom is 0.256 e. The number of carbonyl (C=O) groups excluding carboxylic acids is 2. The lowest BCUT2D eigenvalue weighted by atomic mass is 9.97. The first kappa shape index (κ1) is 20.3. The molecule has 3 aromatic carbocycles. The van der Waals surface area contributed by atoms with Crippen molar-refractivity contribution in [1.29, 1.82) is 0 Å². The Labute approximate surface area is 167 Å². The molecule has 2 amide bonds. The molecule has 0 saturated heterocycles. The molecule has 29 heavy (non-hydrogen) atoms. The van der Waals surface area contributed by atoms with Gasteiger partial charge in [0.15, 0.2) is 0 Å². The van der Waals surface area contributed by atoms with Crippen LogP contribution in [0.25, 0.3) is 10.8 Å². The van der Waals surface area contributed by atoms with Gasteiger partial charge in [-0.3, -0.25) is 14.8 Å². The van der Waals surface area contributed by atoms with Gasteiger partial charge < -0.3 is 10.6 Å². The Morgan fingerprint density at radius 3 is 2.38 bits per heavy atom. The van der Waals surface area contributed by atoms with Crippen molar-refractivity contribution in [1.82, 2.24) is 10.8 Å². The highest BCUT2D eigenvalue weighted by Gasteiger charge is 2.26. The number of hydrogen-bond acceptors (Lipinski definition) is 4. The predicted molar refractivity (Wildman–Crippen MR) is 109 cm³/mol. The van der Waals surface area contributed by atoms with E-state index in [1.165, 1.54) is 29.7 Å². The number of amides is 2. The van der Waals surface area contributed by atoms with Gasteiger partial charge in [-0.15, -0.1) is 0 Å². The summed E-state index contributed by atoms with van der Waals surface area (Å²) in [6.45, 7) is 0.754. The first-order chi connectivity index (χ1) is 14.1. The molecule has 150 valence electrons. The van der Waals surface area contributed by atoms with Crippen LogP contribution < -0.4 is 16.1 Å². The topological polar surface area (TPSA) is 90.5 Å². The Balaban J connectivity index is 1.56. The molecule has 4 N–H and O–H groups in total. The van der Waals surface area contributed by atoms with Gasteiger partial charge in [0, 0.05) is 24.2 Å². The zero-order valence-corrected chi connectivity index (χ0v) is 15.7. The Morgan fingerprint density at radius 2 is 1.62 bits per heavy atom. The number of hydroxylamine groups is 1. The number of carbonyl (C=O) groups is 2. The molecule has 0 saturated carbocycles. The van der Waals surface area contributed by atoms with Gasteiger partial charge in [0.05, 0.1) is 0 Å². The Morgan fingerprint density at radius 1 is 0.897 bits per heavy atom. The molecule has 0 spiro atoms. The van der Waals surface area contributed by atoms with E-state index in [0.29, 0.717) is 18.7 Å². The molecule has 3 aromatic rings. The van der Waals surface area contributed by atoms with Crippen LogP contribution in [0.2, 0.25) is 0 Å². The number of anilines is 1. The van der Waals surface area contributed by atoms with Crippen molar-refractivity contribution in [3.8, 4) is 0 Å². The van der Waals surface area contributed by atoms with Crippen LogP contribution in [0.15, 0.2) is 66.7 Å². The number of halogens is 1. The molecule has 0 radical (unpaired) electrons. The molecule has 0 aliphatic heterocycles. The second-order valence-electron chi connectivity index (χ2n) is 6.60. The quantitative estimate of drug-likeness (QED) is 0.204. The predicted octanol–water partition coefficient (Wildman–Crippen LogP) is 2.87. The van der Waals surface area contributed by atoms with E-state index in [4.69, 9.17) is 5.21 Å². The molecule has 6 nitrogen and oxygen atoms in total. The second-order valence-corrected chi connectivity index (χ2v) is 6.60. The van der Waals surface area contributed by atoms with E-state index in [0.717, 1.165) is 16.5 Å². The van der Waals surface area contributed by atoms with E-state index in [-0.39, 0.29) is 6.42 Å². The van der Waals surface area contributed by atoms with Gasteiger partial charge in [-0.1, -0.05) is 48.5 Å². The van der Waals surface area contributed by atoms with E-state index >= 15 is 0 Å². The summed E-state index contributed by atoms with van der Waals surface area (Å²) in [7, 11) is 0. The van der Waals surface area contributed by atoms with E-state index in [1.54, 1.807) is 0 Å². The van der Waals surface area contributed by atoms with Crippen molar-refractivity contribution in [3.05, 3.63) is 78.1 Å². The van der Waals surface area contributed by atoms with E-state index in [1.807, 2.05) is 42.5 Å². The van der Waals surface area contributed by atoms with Crippen molar-refractivity contribution in [2.75, 3.05) is 18.4 Å². The molecule has 0 aromatic heterocycles. The maximum atomic E-state index is 13.0. The van der Waals surface area contributed by atoms with Crippen molar-refractivity contribution >= 4 is 28.3 Å². The summed E-state index contributed by atoms with van der Waals surface area (Å²) in [6, 6.07) is 19.4. The number of benzene rings is 3. The summed E-state index contributed by atoms with van der Waals surface area (Å²) >= 11 is 0. The highest BCUT2D eigenvalue weighted by atomic mass is 19.1. The summed E-state index contributed by atoms with van der Waals surface area (Å²) in [5, 5.41) is 17.1. The largest absolute Gasteiger partial charge is 0.383 e. The molecule has 0 bridgehead atoms. The number of nitrogens with one attached hydrogen (secondary N) is 3.